The van der Waals surface area contributed by atoms with E-state index in [9.17, 15) is 4.79 Å². The normalized spacial score (nSPS) is 30.5. The Labute approximate surface area is 67.1 Å². The van der Waals surface area contributed by atoms with Crippen LogP contribution in [0.1, 0.15) is 38.5 Å². The summed E-state index contributed by atoms with van der Waals surface area (Å²) in [5.41, 5.74) is 6.21. The van der Waals surface area contributed by atoms with Crippen LogP contribution in [-0.4, -0.2) is 11.3 Å². The van der Waals surface area contributed by atoms with Crippen molar-refractivity contribution in [2.75, 3.05) is 0 Å². The van der Waals surface area contributed by atoms with Gasteiger partial charge in [-0.15, -0.1) is 0 Å². The molecule has 2 heteroatoms. The van der Waals surface area contributed by atoms with Crippen molar-refractivity contribution in [2.45, 2.75) is 44.1 Å². The van der Waals surface area contributed by atoms with Crippen molar-refractivity contribution in [1.29, 1.82) is 0 Å². The average molecular weight is 153 g/mol. The Morgan fingerprint density at radius 1 is 1.27 bits per heavy atom. The summed E-state index contributed by atoms with van der Waals surface area (Å²) in [6.45, 7) is 0. The molecule has 0 amide bonds. The van der Waals surface area contributed by atoms with Crippen LogP contribution in [0.4, 0.5) is 0 Å². The molecular formula is C9H15NO. The van der Waals surface area contributed by atoms with E-state index in [4.69, 9.17) is 5.73 Å². The van der Waals surface area contributed by atoms with Gasteiger partial charge in [0.25, 0.3) is 0 Å². The molecule has 0 radical (unpaired) electrons. The minimum atomic E-state index is 0.153. The van der Waals surface area contributed by atoms with E-state index in [0.29, 0.717) is 11.7 Å². The third kappa shape index (κ3) is 1.32. The minimum Gasteiger partial charge on any atom is -0.325 e. The van der Waals surface area contributed by atoms with Gasteiger partial charge in [0.2, 0.25) is 0 Å². The van der Waals surface area contributed by atoms with Gasteiger partial charge in [0, 0.05) is 18.4 Å². The summed E-state index contributed by atoms with van der Waals surface area (Å²) in [5.74, 6) is 1.09. The van der Waals surface area contributed by atoms with E-state index >= 15 is 0 Å². The molecule has 0 aromatic carbocycles. The molecule has 0 bridgehead atoms. The number of carbonyl (C=O) groups excluding carboxylic acids is 1. The highest BCUT2D eigenvalue weighted by atomic mass is 16.1. The summed E-state index contributed by atoms with van der Waals surface area (Å²) in [6, 6.07) is 0. The maximum absolute atomic E-state index is 10.9. The van der Waals surface area contributed by atoms with Crippen LogP contribution in [-0.2, 0) is 4.79 Å². The Morgan fingerprint density at radius 2 is 1.82 bits per heavy atom. The van der Waals surface area contributed by atoms with Crippen molar-refractivity contribution in [2.24, 2.45) is 11.7 Å². The van der Waals surface area contributed by atoms with Crippen LogP contribution in [0.15, 0.2) is 0 Å². The molecule has 0 aromatic heterocycles. The minimum absolute atomic E-state index is 0.153. The lowest BCUT2D eigenvalue weighted by atomic mass is 9.82. The molecule has 0 unspecified atom stereocenters. The molecule has 0 heterocycles. The number of rotatable bonds is 1. The molecule has 2 nitrogen and oxygen atoms in total. The number of hydrogen-bond acceptors (Lipinski definition) is 2. The highest BCUT2D eigenvalue weighted by Crippen LogP contribution is 2.45. The summed E-state index contributed by atoms with van der Waals surface area (Å²) < 4.78 is 0. The first-order chi connectivity index (χ1) is 5.21. The number of nitrogens with two attached hydrogens (primary N) is 1. The van der Waals surface area contributed by atoms with E-state index in [-0.39, 0.29) is 5.54 Å². The second kappa shape index (κ2) is 2.31. The second-order valence-electron chi connectivity index (χ2n) is 4.05. The molecule has 2 fully saturated rings. The Morgan fingerprint density at radius 3 is 2.27 bits per heavy atom. The predicted octanol–water partition coefficient (Wildman–Crippen LogP) is 1.24. The third-order valence-corrected chi connectivity index (χ3v) is 3.18. The standard InChI is InChI=1S/C9H15NO/c10-9(5-6-9)7-1-3-8(11)4-2-7/h7H,1-6,10H2. The zero-order valence-electron chi connectivity index (χ0n) is 6.81. The summed E-state index contributed by atoms with van der Waals surface area (Å²) >= 11 is 0. The maximum atomic E-state index is 10.9. The van der Waals surface area contributed by atoms with Crippen LogP contribution in [0.25, 0.3) is 0 Å². The molecule has 0 atom stereocenters. The van der Waals surface area contributed by atoms with Gasteiger partial charge in [-0.3, -0.25) is 4.79 Å². The van der Waals surface area contributed by atoms with Crippen LogP contribution in [0, 0.1) is 5.92 Å². The highest BCUT2D eigenvalue weighted by molar-refractivity contribution is 5.79. The summed E-state index contributed by atoms with van der Waals surface area (Å²) in [4.78, 5) is 10.9. The monoisotopic (exact) mass is 153 g/mol. The van der Waals surface area contributed by atoms with Gasteiger partial charge >= 0.3 is 0 Å². The zero-order chi connectivity index (χ0) is 7.90. The molecule has 2 saturated carbocycles. The van der Waals surface area contributed by atoms with Crippen molar-refractivity contribution in [3.05, 3.63) is 0 Å². The Kier molecular flexibility index (Phi) is 1.53. The number of ketones is 1. The van der Waals surface area contributed by atoms with Crippen molar-refractivity contribution < 1.29 is 4.79 Å². The van der Waals surface area contributed by atoms with Gasteiger partial charge in [0.15, 0.2) is 0 Å². The Hall–Kier alpha value is -0.370. The lowest BCUT2D eigenvalue weighted by molar-refractivity contribution is -0.121. The number of carbonyl (C=O) groups is 1. The van der Waals surface area contributed by atoms with Crippen molar-refractivity contribution >= 4 is 5.78 Å². The second-order valence-corrected chi connectivity index (χ2v) is 4.05. The lowest BCUT2D eigenvalue weighted by Gasteiger charge is -2.26. The molecule has 0 saturated heterocycles. The van der Waals surface area contributed by atoms with Crippen LogP contribution < -0.4 is 5.73 Å². The fourth-order valence-electron chi connectivity index (χ4n) is 2.07. The summed E-state index contributed by atoms with van der Waals surface area (Å²) in [6.07, 6.45) is 6.04. The molecular weight excluding hydrogens is 138 g/mol. The van der Waals surface area contributed by atoms with Gasteiger partial charge < -0.3 is 5.73 Å². The molecule has 0 aromatic rings. The van der Waals surface area contributed by atoms with Crippen LogP contribution in [0.5, 0.6) is 0 Å². The number of Topliss-reactive ketones (excluding diaryl/α,β-unsaturated/α-hetero) is 1. The highest BCUT2D eigenvalue weighted by Gasteiger charge is 2.46. The van der Waals surface area contributed by atoms with Crippen LogP contribution in [0.3, 0.4) is 0 Å². The summed E-state index contributed by atoms with van der Waals surface area (Å²) in [7, 11) is 0. The van der Waals surface area contributed by atoms with Crippen LogP contribution in [0.2, 0.25) is 0 Å². The smallest absolute Gasteiger partial charge is 0.132 e. The van der Waals surface area contributed by atoms with Crippen molar-refractivity contribution in [1.82, 2.24) is 0 Å². The first-order valence-corrected chi connectivity index (χ1v) is 4.51. The third-order valence-electron chi connectivity index (χ3n) is 3.18. The summed E-state index contributed by atoms with van der Waals surface area (Å²) in [5, 5.41) is 0. The van der Waals surface area contributed by atoms with Gasteiger partial charge in [0.05, 0.1) is 0 Å². The quantitative estimate of drug-likeness (QED) is 0.615. The van der Waals surface area contributed by atoms with Gasteiger partial charge in [-0.1, -0.05) is 0 Å². The molecule has 0 spiro atoms. The zero-order valence-corrected chi connectivity index (χ0v) is 6.81. The topological polar surface area (TPSA) is 43.1 Å². The van der Waals surface area contributed by atoms with Gasteiger partial charge in [-0.25, -0.2) is 0 Å². The molecule has 0 aliphatic heterocycles. The fraction of sp³-hybridized carbons (Fsp3) is 0.889. The molecule has 2 aliphatic rings. The fourth-order valence-corrected chi connectivity index (χ4v) is 2.07. The van der Waals surface area contributed by atoms with E-state index in [0.717, 1.165) is 25.7 Å². The average Bonchev–Trinajstić information content (AvgIpc) is 2.70. The largest absolute Gasteiger partial charge is 0.325 e. The predicted molar refractivity (Wildman–Crippen MR) is 43.1 cm³/mol. The Bertz CT molecular complexity index is 174. The first-order valence-electron chi connectivity index (χ1n) is 4.51. The molecule has 2 N–H and O–H groups in total. The van der Waals surface area contributed by atoms with E-state index in [2.05, 4.69) is 0 Å². The molecule has 11 heavy (non-hydrogen) atoms. The van der Waals surface area contributed by atoms with Gasteiger partial charge in [-0.05, 0) is 31.6 Å². The molecule has 62 valence electrons. The first kappa shape index (κ1) is 7.29. The van der Waals surface area contributed by atoms with Crippen molar-refractivity contribution in [3.63, 3.8) is 0 Å². The van der Waals surface area contributed by atoms with Gasteiger partial charge in [-0.2, -0.15) is 0 Å². The van der Waals surface area contributed by atoms with E-state index in [1.807, 2.05) is 0 Å². The van der Waals surface area contributed by atoms with E-state index < -0.39 is 0 Å². The molecule has 2 aliphatic carbocycles. The van der Waals surface area contributed by atoms with Gasteiger partial charge in [0.1, 0.15) is 5.78 Å². The SMILES string of the molecule is NC1(C2CCC(=O)CC2)CC1. The lowest BCUT2D eigenvalue weighted by Crippen LogP contribution is -2.35. The maximum Gasteiger partial charge on any atom is 0.132 e. The van der Waals surface area contributed by atoms with Crippen LogP contribution >= 0.6 is 0 Å². The molecule has 2 rings (SSSR count). The Balaban J connectivity index is 1.92. The number of hydrogen-bond donors (Lipinski definition) is 1. The van der Waals surface area contributed by atoms with E-state index in [1.54, 1.807) is 0 Å². The van der Waals surface area contributed by atoms with E-state index in [1.165, 1.54) is 12.8 Å². The van der Waals surface area contributed by atoms with Crippen molar-refractivity contribution in [3.8, 4) is 0 Å².